The van der Waals surface area contributed by atoms with Crippen molar-refractivity contribution in [3.63, 3.8) is 0 Å². The molecule has 2 aromatic carbocycles. The number of hydrogen-bond acceptors (Lipinski definition) is 2. The number of carbonyl (C=O) groups excluding carboxylic acids is 1. The molecule has 2 aromatic rings. The fraction of sp³-hybridized carbons (Fsp3) is 0.188. The summed E-state index contributed by atoms with van der Waals surface area (Å²) < 4.78 is 13.5. The number of nitrogens with zero attached hydrogens (tertiary/aromatic N) is 1. The highest BCUT2D eigenvalue weighted by Gasteiger charge is 2.09. The Bertz CT molecular complexity index is 595. The van der Waals surface area contributed by atoms with E-state index in [2.05, 4.69) is 0 Å². The molecular formula is C16H16FNO. The van der Waals surface area contributed by atoms with Gasteiger partial charge in [0.2, 0.25) is 0 Å². The van der Waals surface area contributed by atoms with E-state index in [0.717, 1.165) is 11.3 Å². The van der Waals surface area contributed by atoms with Crippen LogP contribution in [0, 0.1) is 12.7 Å². The molecule has 0 N–H and O–H groups in total. The molecule has 0 aliphatic heterocycles. The Morgan fingerprint density at radius 2 is 1.95 bits per heavy atom. The van der Waals surface area contributed by atoms with Crippen LogP contribution < -0.4 is 4.90 Å². The number of aldehydes is 1. The van der Waals surface area contributed by atoms with E-state index in [1.54, 1.807) is 6.07 Å². The van der Waals surface area contributed by atoms with Crippen LogP contribution in [-0.2, 0) is 0 Å². The average molecular weight is 257 g/mol. The van der Waals surface area contributed by atoms with Gasteiger partial charge in [0.1, 0.15) is 12.1 Å². The van der Waals surface area contributed by atoms with Gasteiger partial charge in [-0.1, -0.05) is 12.1 Å². The van der Waals surface area contributed by atoms with Crippen molar-refractivity contribution in [3.8, 4) is 0 Å². The summed E-state index contributed by atoms with van der Waals surface area (Å²) in [7, 11) is 0. The molecule has 3 heteroatoms. The Labute approximate surface area is 112 Å². The molecule has 0 heterocycles. The molecule has 0 saturated carbocycles. The molecule has 0 unspecified atom stereocenters. The monoisotopic (exact) mass is 257 g/mol. The highest BCUT2D eigenvalue weighted by atomic mass is 19.1. The largest absolute Gasteiger partial charge is 0.342 e. The third-order valence-electron chi connectivity index (χ3n) is 2.98. The van der Waals surface area contributed by atoms with E-state index in [0.29, 0.717) is 24.1 Å². The zero-order valence-corrected chi connectivity index (χ0v) is 11.1. The Balaban J connectivity index is 2.47. The molecule has 2 rings (SSSR count). The summed E-state index contributed by atoms with van der Waals surface area (Å²) in [5, 5.41) is 0. The van der Waals surface area contributed by atoms with Gasteiger partial charge in [-0.25, -0.2) is 4.39 Å². The van der Waals surface area contributed by atoms with Crippen molar-refractivity contribution in [1.29, 1.82) is 0 Å². The Hall–Kier alpha value is -2.16. The van der Waals surface area contributed by atoms with Crippen LogP contribution >= 0.6 is 0 Å². The van der Waals surface area contributed by atoms with Crippen LogP contribution in [0.15, 0.2) is 42.5 Å². The first-order chi connectivity index (χ1) is 9.13. The third-order valence-corrected chi connectivity index (χ3v) is 2.98. The van der Waals surface area contributed by atoms with Crippen LogP contribution in [0.3, 0.4) is 0 Å². The minimum atomic E-state index is -0.397. The van der Waals surface area contributed by atoms with Crippen molar-refractivity contribution < 1.29 is 9.18 Å². The summed E-state index contributed by atoms with van der Waals surface area (Å²) in [4.78, 5) is 12.8. The smallest absolute Gasteiger partial charge is 0.150 e. The molecule has 0 amide bonds. The molecule has 0 aliphatic rings. The van der Waals surface area contributed by atoms with E-state index < -0.39 is 5.82 Å². The molecule has 0 aromatic heterocycles. The van der Waals surface area contributed by atoms with Gasteiger partial charge in [-0.2, -0.15) is 0 Å². The first-order valence-corrected chi connectivity index (χ1v) is 6.24. The van der Waals surface area contributed by atoms with E-state index in [4.69, 9.17) is 0 Å². The minimum Gasteiger partial charge on any atom is -0.342 e. The van der Waals surface area contributed by atoms with Gasteiger partial charge >= 0.3 is 0 Å². The summed E-state index contributed by atoms with van der Waals surface area (Å²) in [6.07, 6.45) is 0.663. The fourth-order valence-electron chi connectivity index (χ4n) is 2.13. The molecule has 0 bridgehead atoms. The Kier molecular flexibility index (Phi) is 3.95. The zero-order chi connectivity index (χ0) is 13.8. The van der Waals surface area contributed by atoms with E-state index in [1.165, 1.54) is 12.1 Å². The van der Waals surface area contributed by atoms with Crippen LogP contribution in [0.4, 0.5) is 15.8 Å². The maximum absolute atomic E-state index is 13.5. The van der Waals surface area contributed by atoms with Gasteiger partial charge in [0.25, 0.3) is 0 Å². The minimum absolute atomic E-state index is 0.348. The molecule has 98 valence electrons. The summed E-state index contributed by atoms with van der Waals surface area (Å²) >= 11 is 0. The average Bonchev–Trinajstić information content (AvgIpc) is 2.39. The fourth-order valence-corrected chi connectivity index (χ4v) is 2.13. The lowest BCUT2D eigenvalue weighted by Gasteiger charge is -2.24. The van der Waals surface area contributed by atoms with Gasteiger partial charge in [-0.15, -0.1) is 0 Å². The summed E-state index contributed by atoms with van der Waals surface area (Å²) in [5.74, 6) is -0.397. The zero-order valence-electron chi connectivity index (χ0n) is 11.1. The van der Waals surface area contributed by atoms with E-state index >= 15 is 0 Å². The normalized spacial score (nSPS) is 10.3. The number of benzene rings is 2. The topological polar surface area (TPSA) is 20.3 Å². The lowest BCUT2D eigenvalue weighted by molar-refractivity contribution is 0.112. The van der Waals surface area contributed by atoms with E-state index in [1.807, 2.05) is 43.0 Å². The molecule has 0 aliphatic carbocycles. The number of rotatable bonds is 4. The summed E-state index contributed by atoms with van der Waals surface area (Å²) in [6, 6.07) is 12.4. The van der Waals surface area contributed by atoms with Crippen molar-refractivity contribution in [2.75, 3.05) is 11.4 Å². The van der Waals surface area contributed by atoms with Gasteiger partial charge in [-0.3, -0.25) is 4.79 Å². The van der Waals surface area contributed by atoms with Crippen LogP contribution in [-0.4, -0.2) is 12.8 Å². The number of hydrogen-bond donors (Lipinski definition) is 0. The number of carbonyl (C=O) groups is 1. The van der Waals surface area contributed by atoms with Crippen molar-refractivity contribution >= 4 is 17.7 Å². The van der Waals surface area contributed by atoms with Crippen molar-refractivity contribution in [1.82, 2.24) is 0 Å². The van der Waals surface area contributed by atoms with Crippen LogP contribution in [0.25, 0.3) is 0 Å². The van der Waals surface area contributed by atoms with Crippen LogP contribution in [0.2, 0.25) is 0 Å². The Morgan fingerprint density at radius 3 is 2.58 bits per heavy atom. The maximum atomic E-state index is 13.5. The van der Waals surface area contributed by atoms with Crippen molar-refractivity contribution in [2.45, 2.75) is 13.8 Å². The first kappa shape index (κ1) is 13.3. The molecule has 19 heavy (non-hydrogen) atoms. The van der Waals surface area contributed by atoms with E-state index in [-0.39, 0.29) is 0 Å². The molecule has 0 atom stereocenters. The van der Waals surface area contributed by atoms with Gasteiger partial charge in [-0.05, 0) is 49.7 Å². The first-order valence-electron chi connectivity index (χ1n) is 6.24. The highest BCUT2D eigenvalue weighted by molar-refractivity contribution is 5.78. The van der Waals surface area contributed by atoms with Crippen LogP contribution in [0.5, 0.6) is 0 Å². The lowest BCUT2D eigenvalue weighted by atomic mass is 10.1. The van der Waals surface area contributed by atoms with Gasteiger partial charge in [0.15, 0.2) is 0 Å². The summed E-state index contributed by atoms with van der Waals surface area (Å²) in [6.45, 7) is 4.71. The second kappa shape index (κ2) is 5.65. The Morgan fingerprint density at radius 1 is 1.16 bits per heavy atom. The number of anilines is 2. The standard InChI is InChI=1S/C16H16FNO/c1-3-18(15-6-4-5-12(2)7-15)16-9-13(11-19)8-14(17)10-16/h4-11H,3H2,1-2H3. The van der Waals surface area contributed by atoms with Gasteiger partial charge in [0, 0.05) is 23.5 Å². The number of halogens is 1. The second-order valence-electron chi connectivity index (χ2n) is 4.44. The van der Waals surface area contributed by atoms with Crippen molar-refractivity contribution in [3.05, 3.63) is 59.4 Å². The quantitative estimate of drug-likeness (QED) is 0.768. The molecule has 2 nitrogen and oxygen atoms in total. The van der Waals surface area contributed by atoms with Crippen LogP contribution in [0.1, 0.15) is 22.8 Å². The molecule has 0 radical (unpaired) electrons. The lowest BCUT2D eigenvalue weighted by Crippen LogP contribution is -2.16. The molecule has 0 saturated heterocycles. The van der Waals surface area contributed by atoms with Gasteiger partial charge in [0.05, 0.1) is 0 Å². The van der Waals surface area contributed by atoms with Gasteiger partial charge < -0.3 is 4.90 Å². The predicted octanol–water partition coefficient (Wildman–Crippen LogP) is 4.10. The third kappa shape index (κ3) is 2.99. The molecule has 0 fully saturated rings. The maximum Gasteiger partial charge on any atom is 0.150 e. The SMILES string of the molecule is CCN(c1cccc(C)c1)c1cc(F)cc(C=O)c1. The summed E-state index contributed by atoms with van der Waals surface area (Å²) in [5.41, 5.74) is 3.17. The second-order valence-corrected chi connectivity index (χ2v) is 4.44. The highest BCUT2D eigenvalue weighted by Crippen LogP contribution is 2.27. The predicted molar refractivity (Wildman–Crippen MR) is 75.6 cm³/mol. The molecule has 0 spiro atoms. The number of aryl methyl sites for hydroxylation is 1. The van der Waals surface area contributed by atoms with E-state index in [9.17, 15) is 9.18 Å². The molecular weight excluding hydrogens is 241 g/mol. The van der Waals surface area contributed by atoms with Crippen molar-refractivity contribution in [2.24, 2.45) is 0 Å².